The molecule has 0 bridgehead atoms. The minimum Gasteiger partial charge on any atom is -0.481 e. The number of carboxylic acid groups (broad SMARTS) is 1. The van der Waals surface area contributed by atoms with Gasteiger partial charge in [0.1, 0.15) is 0 Å². The van der Waals surface area contributed by atoms with Crippen molar-refractivity contribution in [2.24, 2.45) is 7.05 Å². The third kappa shape index (κ3) is 3.19. The molecule has 0 amide bonds. The molecule has 8 nitrogen and oxygen atoms in total. The molecule has 0 spiro atoms. The zero-order chi connectivity index (χ0) is 15.6. The molecule has 21 heavy (non-hydrogen) atoms. The first-order valence-electron chi connectivity index (χ1n) is 5.90. The van der Waals surface area contributed by atoms with Crippen molar-refractivity contribution in [1.82, 2.24) is 14.8 Å². The second-order valence-corrected chi connectivity index (χ2v) is 5.19. The lowest BCUT2D eigenvalue weighted by molar-refractivity contribution is -0.384. The number of benzene rings is 1. The van der Waals surface area contributed by atoms with E-state index in [1.165, 1.54) is 4.68 Å². The molecule has 0 unspecified atom stereocenters. The number of nitro benzene ring substituents is 1. The molecule has 0 fully saturated rings. The van der Waals surface area contributed by atoms with Gasteiger partial charge in [-0.3, -0.25) is 14.9 Å². The largest absolute Gasteiger partial charge is 0.481 e. The Morgan fingerprint density at radius 2 is 2.24 bits per heavy atom. The van der Waals surface area contributed by atoms with Gasteiger partial charge in [0.05, 0.1) is 16.2 Å². The van der Waals surface area contributed by atoms with Gasteiger partial charge in [0.25, 0.3) is 5.69 Å². The Labute approximate surface area is 124 Å². The molecule has 0 aliphatic heterocycles. The summed E-state index contributed by atoms with van der Waals surface area (Å²) in [6.45, 7) is 1.64. The number of aromatic nitrogens is 3. The number of aliphatic carboxylic acids is 1. The highest BCUT2D eigenvalue weighted by atomic mass is 32.2. The molecule has 1 N–H and O–H groups in total. The lowest BCUT2D eigenvalue weighted by atomic mass is 10.1. The van der Waals surface area contributed by atoms with Crippen LogP contribution in [0.3, 0.4) is 0 Å². The summed E-state index contributed by atoms with van der Waals surface area (Å²) in [5.74, 6) is -0.908. The van der Waals surface area contributed by atoms with Crippen molar-refractivity contribution in [3.8, 4) is 11.4 Å². The highest BCUT2D eigenvalue weighted by Crippen LogP contribution is 2.31. The molecule has 2 aromatic rings. The van der Waals surface area contributed by atoms with Crippen molar-refractivity contribution in [3.63, 3.8) is 0 Å². The predicted octanol–water partition coefficient (Wildman–Crippen LogP) is 1.88. The van der Waals surface area contributed by atoms with Gasteiger partial charge in [-0.1, -0.05) is 23.9 Å². The molecule has 1 aromatic carbocycles. The third-order valence-electron chi connectivity index (χ3n) is 2.71. The van der Waals surface area contributed by atoms with Crippen LogP contribution in [0, 0.1) is 17.0 Å². The van der Waals surface area contributed by atoms with E-state index in [9.17, 15) is 14.9 Å². The molecule has 0 atom stereocenters. The van der Waals surface area contributed by atoms with Crippen LogP contribution in [0.1, 0.15) is 5.56 Å². The first-order chi connectivity index (χ1) is 9.90. The van der Waals surface area contributed by atoms with Crippen molar-refractivity contribution in [2.45, 2.75) is 12.1 Å². The zero-order valence-corrected chi connectivity index (χ0v) is 12.1. The standard InChI is InChI=1S/C12H12N4O4S/c1-7-4-3-5-8(10(7)16(19)20)11-13-12(15(2)14-11)21-6-9(17)18/h3-5H,6H2,1-2H3,(H,17,18). The molecule has 0 radical (unpaired) electrons. The van der Waals surface area contributed by atoms with E-state index in [0.29, 0.717) is 16.3 Å². The highest BCUT2D eigenvalue weighted by Gasteiger charge is 2.22. The Morgan fingerprint density at radius 3 is 2.86 bits per heavy atom. The van der Waals surface area contributed by atoms with E-state index in [1.807, 2.05) is 0 Å². The zero-order valence-electron chi connectivity index (χ0n) is 11.3. The van der Waals surface area contributed by atoms with E-state index in [0.717, 1.165) is 11.8 Å². The summed E-state index contributed by atoms with van der Waals surface area (Å²) in [5.41, 5.74) is 0.792. The van der Waals surface area contributed by atoms with Crippen LogP contribution < -0.4 is 0 Å². The molecule has 0 saturated carbocycles. The molecule has 110 valence electrons. The lowest BCUT2D eigenvalue weighted by Crippen LogP contribution is -2.00. The average Bonchev–Trinajstić information content (AvgIpc) is 2.77. The van der Waals surface area contributed by atoms with Gasteiger partial charge in [-0.2, -0.15) is 0 Å². The fourth-order valence-electron chi connectivity index (χ4n) is 1.82. The van der Waals surface area contributed by atoms with Crippen molar-refractivity contribution in [1.29, 1.82) is 0 Å². The number of para-hydroxylation sites is 1. The Morgan fingerprint density at radius 1 is 1.52 bits per heavy atom. The summed E-state index contributed by atoms with van der Waals surface area (Å²) in [7, 11) is 1.61. The number of aryl methyl sites for hydroxylation is 2. The Balaban J connectivity index is 2.44. The number of nitrogens with zero attached hydrogens (tertiary/aromatic N) is 4. The van der Waals surface area contributed by atoms with E-state index in [-0.39, 0.29) is 17.3 Å². The van der Waals surface area contributed by atoms with E-state index < -0.39 is 10.9 Å². The number of nitro groups is 1. The number of carbonyl (C=O) groups is 1. The maximum atomic E-state index is 11.2. The van der Waals surface area contributed by atoms with Gasteiger partial charge in [-0.05, 0) is 13.0 Å². The second kappa shape index (κ2) is 5.92. The molecule has 0 saturated heterocycles. The Hall–Kier alpha value is -2.42. The predicted molar refractivity (Wildman–Crippen MR) is 76.2 cm³/mol. The SMILES string of the molecule is Cc1cccc(-c2nc(SCC(=O)O)n(C)n2)c1[N+](=O)[O-]. The summed E-state index contributed by atoms with van der Waals surface area (Å²) in [6.07, 6.45) is 0. The lowest BCUT2D eigenvalue weighted by Gasteiger charge is -2.01. The van der Waals surface area contributed by atoms with Crippen molar-refractivity contribution >= 4 is 23.4 Å². The minimum absolute atomic E-state index is 0.0436. The van der Waals surface area contributed by atoms with Crippen LogP contribution in [0.5, 0.6) is 0 Å². The number of carboxylic acids is 1. The molecular weight excluding hydrogens is 296 g/mol. The van der Waals surface area contributed by atoms with Gasteiger partial charge in [0.15, 0.2) is 11.0 Å². The molecular formula is C12H12N4O4S. The Bertz CT molecular complexity index is 713. The summed E-state index contributed by atoms with van der Waals surface area (Å²) in [5, 5.41) is 24.4. The van der Waals surface area contributed by atoms with Crippen LogP contribution in [0.2, 0.25) is 0 Å². The molecule has 0 aliphatic rings. The van der Waals surface area contributed by atoms with Gasteiger partial charge >= 0.3 is 5.97 Å². The Kier molecular flexibility index (Phi) is 4.22. The van der Waals surface area contributed by atoms with Crippen LogP contribution in [0.25, 0.3) is 11.4 Å². The fraction of sp³-hybridized carbons (Fsp3) is 0.250. The topological polar surface area (TPSA) is 111 Å². The summed E-state index contributed by atoms with van der Waals surface area (Å²) >= 11 is 1.01. The molecule has 2 rings (SSSR count). The first-order valence-corrected chi connectivity index (χ1v) is 6.88. The number of hydrogen-bond donors (Lipinski definition) is 1. The quantitative estimate of drug-likeness (QED) is 0.510. The average molecular weight is 308 g/mol. The first kappa shape index (κ1) is 15.0. The van der Waals surface area contributed by atoms with E-state index in [1.54, 1.807) is 32.2 Å². The van der Waals surface area contributed by atoms with Crippen LogP contribution >= 0.6 is 11.8 Å². The number of hydrogen-bond acceptors (Lipinski definition) is 6. The van der Waals surface area contributed by atoms with Gasteiger partial charge in [-0.15, -0.1) is 5.10 Å². The number of rotatable bonds is 5. The monoisotopic (exact) mass is 308 g/mol. The molecule has 9 heteroatoms. The van der Waals surface area contributed by atoms with Crippen molar-refractivity contribution < 1.29 is 14.8 Å². The van der Waals surface area contributed by atoms with E-state index in [4.69, 9.17) is 5.11 Å². The van der Waals surface area contributed by atoms with Crippen molar-refractivity contribution in [2.75, 3.05) is 5.75 Å². The van der Waals surface area contributed by atoms with Crippen LogP contribution in [-0.4, -0.2) is 36.5 Å². The van der Waals surface area contributed by atoms with Gasteiger partial charge in [0.2, 0.25) is 0 Å². The van der Waals surface area contributed by atoms with Gasteiger partial charge in [0, 0.05) is 12.6 Å². The maximum absolute atomic E-state index is 11.2. The molecule has 0 aliphatic carbocycles. The van der Waals surface area contributed by atoms with E-state index in [2.05, 4.69) is 10.1 Å². The van der Waals surface area contributed by atoms with Gasteiger partial charge < -0.3 is 5.11 Å². The fourth-order valence-corrected chi connectivity index (χ4v) is 2.45. The highest BCUT2D eigenvalue weighted by molar-refractivity contribution is 7.99. The molecule has 1 heterocycles. The minimum atomic E-state index is -0.967. The van der Waals surface area contributed by atoms with E-state index >= 15 is 0 Å². The second-order valence-electron chi connectivity index (χ2n) is 4.25. The van der Waals surface area contributed by atoms with Crippen LogP contribution in [0.15, 0.2) is 23.4 Å². The van der Waals surface area contributed by atoms with Crippen LogP contribution in [-0.2, 0) is 11.8 Å². The van der Waals surface area contributed by atoms with Crippen molar-refractivity contribution in [3.05, 3.63) is 33.9 Å². The van der Waals surface area contributed by atoms with Crippen LogP contribution in [0.4, 0.5) is 5.69 Å². The normalized spacial score (nSPS) is 10.6. The maximum Gasteiger partial charge on any atom is 0.313 e. The number of thioether (sulfide) groups is 1. The summed E-state index contributed by atoms with van der Waals surface area (Å²) < 4.78 is 1.41. The third-order valence-corrected chi connectivity index (χ3v) is 3.71. The summed E-state index contributed by atoms with van der Waals surface area (Å²) in [4.78, 5) is 25.5. The van der Waals surface area contributed by atoms with Gasteiger partial charge in [-0.25, -0.2) is 9.67 Å². The molecule has 1 aromatic heterocycles. The summed E-state index contributed by atoms with van der Waals surface area (Å²) in [6, 6.07) is 4.91. The smallest absolute Gasteiger partial charge is 0.313 e.